The van der Waals surface area contributed by atoms with Crippen molar-refractivity contribution in [2.24, 2.45) is 0 Å². The highest BCUT2D eigenvalue weighted by Crippen LogP contribution is 2.37. The number of benzene rings is 1. The second kappa shape index (κ2) is 12.5. The van der Waals surface area contributed by atoms with E-state index in [0.717, 1.165) is 18.4 Å². The third kappa shape index (κ3) is 8.71. The molecule has 0 aliphatic carbocycles. The molecule has 0 radical (unpaired) electrons. The fourth-order valence-electron chi connectivity index (χ4n) is 3.83. The molecule has 156 valence electrons. The highest BCUT2D eigenvalue weighted by Gasteiger charge is 2.21. The monoisotopic (exact) mass is 374 g/mol. The van der Waals surface area contributed by atoms with Gasteiger partial charge in [0.1, 0.15) is 5.75 Å². The van der Waals surface area contributed by atoms with Gasteiger partial charge in [-0.2, -0.15) is 0 Å². The first-order valence-corrected chi connectivity index (χ1v) is 11.7. The van der Waals surface area contributed by atoms with Crippen molar-refractivity contribution in [2.45, 2.75) is 130 Å². The van der Waals surface area contributed by atoms with Crippen LogP contribution >= 0.6 is 0 Å². The number of rotatable bonds is 13. The highest BCUT2D eigenvalue weighted by atomic mass is 16.3. The van der Waals surface area contributed by atoms with Crippen molar-refractivity contribution in [3.63, 3.8) is 0 Å². The van der Waals surface area contributed by atoms with Gasteiger partial charge < -0.3 is 5.11 Å². The Morgan fingerprint density at radius 2 is 1.37 bits per heavy atom. The molecule has 0 fully saturated rings. The van der Waals surface area contributed by atoms with E-state index >= 15 is 0 Å². The van der Waals surface area contributed by atoms with Gasteiger partial charge in [0.2, 0.25) is 0 Å². The minimum atomic E-state index is 0.127. The molecule has 0 aliphatic rings. The summed E-state index contributed by atoms with van der Waals surface area (Å²) in [6.07, 6.45) is 15.4. The van der Waals surface area contributed by atoms with E-state index in [0.29, 0.717) is 11.7 Å². The molecule has 0 aliphatic heterocycles. The Morgan fingerprint density at radius 3 is 1.93 bits per heavy atom. The molecule has 0 spiro atoms. The van der Waals surface area contributed by atoms with E-state index in [1.165, 1.54) is 75.3 Å². The maximum atomic E-state index is 10.9. The number of aromatic hydroxyl groups is 1. The molecule has 1 rings (SSSR count). The quantitative estimate of drug-likeness (QED) is 0.342. The van der Waals surface area contributed by atoms with E-state index in [1.807, 2.05) is 0 Å². The lowest BCUT2D eigenvalue weighted by Crippen LogP contribution is -2.13. The van der Waals surface area contributed by atoms with Gasteiger partial charge in [-0.3, -0.25) is 0 Å². The van der Waals surface area contributed by atoms with Gasteiger partial charge in [0.15, 0.2) is 0 Å². The summed E-state index contributed by atoms with van der Waals surface area (Å²) in [6.45, 7) is 13.6. The first-order chi connectivity index (χ1) is 12.8. The summed E-state index contributed by atoms with van der Waals surface area (Å²) in [6, 6.07) is 4.53. The molecule has 27 heavy (non-hydrogen) atoms. The zero-order valence-corrected chi connectivity index (χ0v) is 19.2. The van der Waals surface area contributed by atoms with Gasteiger partial charge in [-0.15, -0.1) is 0 Å². The van der Waals surface area contributed by atoms with Crippen LogP contribution in [0.15, 0.2) is 12.1 Å². The van der Waals surface area contributed by atoms with Gasteiger partial charge in [-0.25, -0.2) is 0 Å². The average molecular weight is 375 g/mol. The minimum Gasteiger partial charge on any atom is -0.507 e. The summed E-state index contributed by atoms with van der Waals surface area (Å²) in [5, 5.41) is 10.9. The number of hydrogen-bond acceptors (Lipinski definition) is 1. The maximum absolute atomic E-state index is 10.9. The van der Waals surface area contributed by atoms with Crippen LogP contribution in [0.2, 0.25) is 0 Å². The van der Waals surface area contributed by atoms with Crippen LogP contribution < -0.4 is 0 Å². The van der Waals surface area contributed by atoms with Crippen molar-refractivity contribution in [3.05, 3.63) is 28.8 Å². The summed E-state index contributed by atoms with van der Waals surface area (Å²) in [5.41, 5.74) is 3.82. The molecule has 1 aromatic rings. The standard InChI is InChI=1S/C26H46O/c1-7-9-11-12-13-14-15-16-17-21(3)24-20-23(26(4,5)6)19-22(25(24)27)18-10-8-2/h19-21,27H,7-18H2,1-6H3. The van der Waals surface area contributed by atoms with E-state index in [-0.39, 0.29) is 5.41 Å². The zero-order valence-electron chi connectivity index (χ0n) is 19.2. The molecular formula is C26H46O. The Kier molecular flexibility index (Phi) is 11.1. The van der Waals surface area contributed by atoms with Gasteiger partial charge >= 0.3 is 0 Å². The Hall–Kier alpha value is -0.980. The lowest BCUT2D eigenvalue weighted by molar-refractivity contribution is 0.447. The second-order valence-electron chi connectivity index (χ2n) is 9.59. The molecule has 0 amide bonds. The molecular weight excluding hydrogens is 328 g/mol. The van der Waals surface area contributed by atoms with Crippen LogP contribution in [-0.2, 0) is 11.8 Å². The summed E-state index contributed by atoms with van der Waals surface area (Å²) in [5.74, 6) is 1.01. The van der Waals surface area contributed by atoms with E-state index in [2.05, 4.69) is 53.7 Å². The first-order valence-electron chi connectivity index (χ1n) is 11.7. The summed E-state index contributed by atoms with van der Waals surface area (Å²) < 4.78 is 0. The summed E-state index contributed by atoms with van der Waals surface area (Å²) >= 11 is 0. The summed E-state index contributed by atoms with van der Waals surface area (Å²) in [7, 11) is 0. The largest absolute Gasteiger partial charge is 0.507 e. The van der Waals surface area contributed by atoms with Crippen LogP contribution in [0.3, 0.4) is 0 Å². The fourth-order valence-corrected chi connectivity index (χ4v) is 3.83. The van der Waals surface area contributed by atoms with Gasteiger partial charge in [-0.1, -0.05) is 111 Å². The molecule has 1 nitrogen and oxygen atoms in total. The third-order valence-corrected chi connectivity index (χ3v) is 5.91. The Labute approximate surface area is 170 Å². The van der Waals surface area contributed by atoms with Crippen LogP contribution in [0.25, 0.3) is 0 Å². The molecule has 1 aromatic carbocycles. The van der Waals surface area contributed by atoms with Crippen LogP contribution in [0.4, 0.5) is 0 Å². The van der Waals surface area contributed by atoms with Crippen LogP contribution in [-0.4, -0.2) is 5.11 Å². The minimum absolute atomic E-state index is 0.127. The van der Waals surface area contributed by atoms with Crippen molar-refractivity contribution in [2.75, 3.05) is 0 Å². The van der Waals surface area contributed by atoms with Crippen molar-refractivity contribution in [1.82, 2.24) is 0 Å². The number of unbranched alkanes of at least 4 members (excludes halogenated alkanes) is 8. The Morgan fingerprint density at radius 1 is 0.815 bits per heavy atom. The van der Waals surface area contributed by atoms with Crippen molar-refractivity contribution in [3.8, 4) is 5.75 Å². The molecule has 1 N–H and O–H groups in total. The normalized spacial score (nSPS) is 13.1. The topological polar surface area (TPSA) is 20.2 Å². The van der Waals surface area contributed by atoms with E-state index in [9.17, 15) is 5.11 Å². The van der Waals surface area contributed by atoms with Gasteiger partial charge in [0.05, 0.1) is 0 Å². The number of hydrogen-bond donors (Lipinski definition) is 1. The second-order valence-corrected chi connectivity index (χ2v) is 9.59. The smallest absolute Gasteiger partial charge is 0.122 e. The van der Waals surface area contributed by atoms with Crippen LogP contribution in [0, 0.1) is 0 Å². The highest BCUT2D eigenvalue weighted by molar-refractivity contribution is 5.47. The SMILES string of the molecule is CCCCCCCCCCC(C)c1cc(C(C)(C)C)cc(CCCC)c1O. The van der Waals surface area contributed by atoms with Crippen molar-refractivity contribution >= 4 is 0 Å². The Bertz CT molecular complexity index is 524. The molecule has 0 aromatic heterocycles. The molecule has 1 atom stereocenters. The first kappa shape index (κ1) is 24.1. The number of phenols is 1. The predicted octanol–water partition coefficient (Wildman–Crippen LogP) is 8.67. The van der Waals surface area contributed by atoms with Crippen LogP contribution in [0.1, 0.15) is 135 Å². The average Bonchev–Trinajstić information content (AvgIpc) is 2.61. The maximum Gasteiger partial charge on any atom is 0.122 e. The zero-order chi connectivity index (χ0) is 20.3. The lowest BCUT2D eigenvalue weighted by atomic mass is 9.81. The summed E-state index contributed by atoms with van der Waals surface area (Å²) in [4.78, 5) is 0. The van der Waals surface area contributed by atoms with Gasteiger partial charge in [0.25, 0.3) is 0 Å². The fraction of sp³-hybridized carbons (Fsp3) is 0.769. The molecule has 0 saturated heterocycles. The van der Waals surface area contributed by atoms with Crippen LogP contribution in [0.5, 0.6) is 5.75 Å². The van der Waals surface area contributed by atoms with E-state index < -0.39 is 0 Å². The van der Waals surface area contributed by atoms with Gasteiger partial charge in [-0.05, 0) is 47.3 Å². The molecule has 0 heterocycles. The third-order valence-electron chi connectivity index (χ3n) is 5.91. The molecule has 0 bridgehead atoms. The lowest BCUT2D eigenvalue weighted by Gasteiger charge is -2.24. The predicted molar refractivity (Wildman–Crippen MR) is 121 cm³/mol. The van der Waals surface area contributed by atoms with Crippen molar-refractivity contribution in [1.29, 1.82) is 0 Å². The number of aryl methyl sites for hydroxylation is 1. The van der Waals surface area contributed by atoms with E-state index in [1.54, 1.807) is 0 Å². The van der Waals surface area contributed by atoms with Gasteiger partial charge in [0, 0.05) is 0 Å². The van der Waals surface area contributed by atoms with E-state index in [4.69, 9.17) is 0 Å². The number of phenolic OH excluding ortho intramolecular Hbond substituents is 1. The molecule has 1 unspecified atom stereocenters. The molecule has 0 saturated carbocycles. The molecule has 1 heteroatoms. The Balaban J connectivity index is 2.67. The van der Waals surface area contributed by atoms with Crippen molar-refractivity contribution < 1.29 is 5.11 Å².